The van der Waals surface area contributed by atoms with Crippen molar-refractivity contribution in [3.8, 4) is 0 Å². The Kier molecular flexibility index (Phi) is 9.37. The van der Waals surface area contributed by atoms with Crippen molar-refractivity contribution in [2.75, 3.05) is 20.1 Å². The van der Waals surface area contributed by atoms with Gasteiger partial charge in [-0.1, -0.05) is 19.3 Å². The number of nitrogens with zero attached hydrogens (tertiary/aromatic N) is 1. The highest BCUT2D eigenvalue weighted by molar-refractivity contribution is 5.85. The monoisotopic (exact) mass is 399 g/mol. The van der Waals surface area contributed by atoms with Crippen LogP contribution in [0.5, 0.6) is 0 Å². The molecule has 27 heavy (non-hydrogen) atoms. The van der Waals surface area contributed by atoms with E-state index in [1.165, 1.54) is 32.1 Å². The van der Waals surface area contributed by atoms with Crippen molar-refractivity contribution in [2.24, 2.45) is 11.8 Å². The molecule has 1 saturated heterocycles. The molecule has 0 spiro atoms. The molecule has 1 atom stereocenters. The number of likely N-dealkylation sites (N-methyl/N-ethyl adjacent to an activating group) is 1. The van der Waals surface area contributed by atoms with Crippen LogP contribution in [0.25, 0.3) is 0 Å². The van der Waals surface area contributed by atoms with E-state index in [1.807, 2.05) is 7.05 Å². The van der Waals surface area contributed by atoms with Gasteiger partial charge in [-0.3, -0.25) is 9.59 Å². The second kappa shape index (κ2) is 11.3. The molecule has 0 radical (unpaired) electrons. The molecule has 3 fully saturated rings. The molecule has 2 amide bonds. The van der Waals surface area contributed by atoms with Gasteiger partial charge in [0.2, 0.25) is 11.8 Å². The molecule has 3 rings (SSSR count). The predicted octanol–water partition coefficient (Wildman–Crippen LogP) is 3.26. The first kappa shape index (κ1) is 22.5. The molecular formula is C21H38ClN3O2. The summed E-state index contributed by atoms with van der Waals surface area (Å²) in [5.41, 5.74) is 0. The van der Waals surface area contributed by atoms with Crippen LogP contribution in [-0.2, 0) is 9.59 Å². The molecule has 2 N–H and O–H groups in total. The first-order valence-electron chi connectivity index (χ1n) is 10.9. The maximum Gasteiger partial charge on any atom is 0.225 e. The third kappa shape index (κ3) is 6.35. The van der Waals surface area contributed by atoms with Crippen molar-refractivity contribution in [2.45, 2.75) is 89.1 Å². The quantitative estimate of drug-likeness (QED) is 0.720. The van der Waals surface area contributed by atoms with E-state index in [-0.39, 0.29) is 30.3 Å². The molecule has 0 bridgehead atoms. The van der Waals surface area contributed by atoms with Crippen molar-refractivity contribution in [1.82, 2.24) is 15.5 Å². The minimum absolute atomic E-state index is 0. The van der Waals surface area contributed by atoms with Gasteiger partial charge in [0.05, 0.1) is 0 Å². The SMILES string of the molecule is CNCC1CCCN1C(=O)C1CCC(NC(=O)CC2CCCCC2)CC1.Cl. The van der Waals surface area contributed by atoms with Crippen molar-refractivity contribution in [3.05, 3.63) is 0 Å². The number of hydrogen-bond acceptors (Lipinski definition) is 3. The Bertz CT molecular complexity index is 474. The lowest BCUT2D eigenvalue weighted by Crippen LogP contribution is -2.46. The van der Waals surface area contributed by atoms with Crippen molar-refractivity contribution >= 4 is 24.2 Å². The molecule has 1 aliphatic heterocycles. The standard InChI is InChI=1S/C21H37N3O2.ClH/c1-22-15-19-8-5-13-24(19)21(26)17-9-11-18(12-10-17)23-20(25)14-16-6-3-2-4-7-16;/h16-19,22H,2-15H2,1H3,(H,23,25);1H. The van der Waals surface area contributed by atoms with Gasteiger partial charge in [0, 0.05) is 37.5 Å². The summed E-state index contributed by atoms with van der Waals surface area (Å²) < 4.78 is 0. The number of halogens is 1. The van der Waals surface area contributed by atoms with E-state index in [2.05, 4.69) is 15.5 Å². The number of likely N-dealkylation sites (tertiary alicyclic amines) is 1. The molecule has 3 aliphatic rings. The lowest BCUT2D eigenvalue weighted by Gasteiger charge is -2.33. The molecule has 6 heteroatoms. The van der Waals surface area contributed by atoms with Crippen molar-refractivity contribution < 1.29 is 9.59 Å². The second-order valence-corrected chi connectivity index (χ2v) is 8.71. The summed E-state index contributed by atoms with van der Waals surface area (Å²) in [6.45, 7) is 1.82. The van der Waals surface area contributed by atoms with Crippen LogP contribution in [0.2, 0.25) is 0 Å². The van der Waals surface area contributed by atoms with E-state index in [0.29, 0.717) is 24.3 Å². The molecule has 1 heterocycles. The predicted molar refractivity (Wildman–Crippen MR) is 111 cm³/mol. The number of carbonyl (C=O) groups is 2. The minimum atomic E-state index is 0. The summed E-state index contributed by atoms with van der Waals surface area (Å²) in [5, 5.41) is 6.47. The Labute approximate surface area is 170 Å². The van der Waals surface area contributed by atoms with Gasteiger partial charge in [0.15, 0.2) is 0 Å². The molecule has 5 nitrogen and oxygen atoms in total. The fraction of sp³-hybridized carbons (Fsp3) is 0.905. The molecule has 0 aromatic rings. The van der Waals surface area contributed by atoms with Crippen LogP contribution in [0.3, 0.4) is 0 Å². The largest absolute Gasteiger partial charge is 0.353 e. The summed E-state index contributed by atoms with van der Waals surface area (Å²) >= 11 is 0. The zero-order valence-electron chi connectivity index (χ0n) is 16.9. The molecular weight excluding hydrogens is 362 g/mol. The second-order valence-electron chi connectivity index (χ2n) is 8.71. The Hall–Kier alpha value is -0.810. The van der Waals surface area contributed by atoms with Gasteiger partial charge in [0.25, 0.3) is 0 Å². The molecule has 1 unspecified atom stereocenters. The van der Waals surface area contributed by atoms with E-state index >= 15 is 0 Å². The Morgan fingerprint density at radius 2 is 1.63 bits per heavy atom. The third-order valence-electron chi connectivity index (χ3n) is 6.74. The fourth-order valence-electron chi connectivity index (χ4n) is 5.23. The Balaban J connectivity index is 0.00000261. The first-order valence-corrected chi connectivity index (χ1v) is 10.9. The summed E-state index contributed by atoms with van der Waals surface area (Å²) in [6.07, 6.45) is 13.1. The van der Waals surface area contributed by atoms with Gasteiger partial charge in [-0.15, -0.1) is 12.4 Å². The van der Waals surface area contributed by atoms with Crippen molar-refractivity contribution in [1.29, 1.82) is 0 Å². The zero-order valence-corrected chi connectivity index (χ0v) is 17.7. The summed E-state index contributed by atoms with van der Waals surface area (Å²) in [6, 6.07) is 0.655. The average molecular weight is 400 g/mol. The minimum Gasteiger partial charge on any atom is -0.353 e. The van der Waals surface area contributed by atoms with E-state index in [9.17, 15) is 9.59 Å². The number of rotatable bonds is 6. The van der Waals surface area contributed by atoms with Crippen LogP contribution in [0.4, 0.5) is 0 Å². The normalized spacial score (nSPS) is 29.2. The van der Waals surface area contributed by atoms with E-state index in [4.69, 9.17) is 0 Å². The lowest BCUT2D eigenvalue weighted by molar-refractivity contribution is -0.137. The number of nitrogens with one attached hydrogen (secondary N) is 2. The van der Waals surface area contributed by atoms with E-state index in [0.717, 1.165) is 51.6 Å². The number of amides is 2. The van der Waals surface area contributed by atoms with Crippen LogP contribution in [-0.4, -0.2) is 48.9 Å². The van der Waals surface area contributed by atoms with Gasteiger partial charge in [0.1, 0.15) is 0 Å². The van der Waals surface area contributed by atoms with Crippen LogP contribution < -0.4 is 10.6 Å². The van der Waals surface area contributed by atoms with Crippen LogP contribution in [0, 0.1) is 11.8 Å². The fourth-order valence-corrected chi connectivity index (χ4v) is 5.23. The Morgan fingerprint density at radius 3 is 2.30 bits per heavy atom. The number of hydrogen-bond donors (Lipinski definition) is 2. The van der Waals surface area contributed by atoms with E-state index < -0.39 is 0 Å². The van der Waals surface area contributed by atoms with E-state index in [1.54, 1.807) is 0 Å². The molecule has 0 aromatic carbocycles. The van der Waals surface area contributed by atoms with Gasteiger partial charge < -0.3 is 15.5 Å². The highest BCUT2D eigenvalue weighted by atomic mass is 35.5. The molecule has 0 aromatic heterocycles. The van der Waals surface area contributed by atoms with Crippen molar-refractivity contribution in [3.63, 3.8) is 0 Å². The third-order valence-corrected chi connectivity index (χ3v) is 6.74. The summed E-state index contributed by atoms with van der Waals surface area (Å²) in [5.74, 6) is 1.36. The van der Waals surface area contributed by atoms with Crippen LogP contribution >= 0.6 is 12.4 Å². The van der Waals surface area contributed by atoms with Gasteiger partial charge >= 0.3 is 0 Å². The summed E-state index contributed by atoms with van der Waals surface area (Å²) in [7, 11) is 1.96. The highest BCUT2D eigenvalue weighted by Gasteiger charge is 2.35. The van der Waals surface area contributed by atoms with Gasteiger partial charge in [-0.25, -0.2) is 0 Å². The van der Waals surface area contributed by atoms with Crippen LogP contribution in [0.1, 0.15) is 77.0 Å². The highest BCUT2D eigenvalue weighted by Crippen LogP contribution is 2.30. The topological polar surface area (TPSA) is 61.4 Å². The van der Waals surface area contributed by atoms with Crippen LogP contribution in [0.15, 0.2) is 0 Å². The molecule has 156 valence electrons. The number of carbonyl (C=O) groups excluding carboxylic acids is 2. The smallest absolute Gasteiger partial charge is 0.225 e. The Morgan fingerprint density at radius 1 is 0.926 bits per heavy atom. The first-order chi connectivity index (χ1) is 12.7. The lowest BCUT2D eigenvalue weighted by atomic mass is 9.84. The zero-order chi connectivity index (χ0) is 18.4. The molecule has 2 saturated carbocycles. The maximum absolute atomic E-state index is 12.9. The summed E-state index contributed by atoms with van der Waals surface area (Å²) in [4.78, 5) is 27.3. The van der Waals surface area contributed by atoms with Gasteiger partial charge in [-0.05, 0) is 64.3 Å². The van der Waals surface area contributed by atoms with Gasteiger partial charge in [-0.2, -0.15) is 0 Å². The molecule has 2 aliphatic carbocycles. The average Bonchev–Trinajstić information content (AvgIpc) is 3.11. The maximum atomic E-state index is 12.9.